The van der Waals surface area contributed by atoms with Crippen molar-refractivity contribution in [1.29, 1.82) is 0 Å². The number of hydrogen-bond acceptors (Lipinski definition) is 8. The average Bonchev–Trinajstić information content (AvgIpc) is 3.51. The van der Waals surface area contributed by atoms with Crippen LogP contribution in [0.15, 0.2) is 30.2 Å². The molecule has 0 radical (unpaired) electrons. The van der Waals surface area contributed by atoms with Crippen LogP contribution in [0.1, 0.15) is 19.8 Å². The minimum absolute atomic E-state index is 0.0642. The predicted molar refractivity (Wildman–Crippen MR) is 109 cm³/mol. The maximum atomic E-state index is 13.0. The number of carbonyl (C=O) groups excluding carboxylic acids is 1. The summed E-state index contributed by atoms with van der Waals surface area (Å²) < 4.78 is 7.45. The summed E-state index contributed by atoms with van der Waals surface area (Å²) in [5.41, 5.74) is 0.714. The number of thiazole rings is 1. The smallest absolute Gasteiger partial charge is 0.249 e. The van der Waals surface area contributed by atoms with Gasteiger partial charge in [-0.1, -0.05) is 6.92 Å². The summed E-state index contributed by atoms with van der Waals surface area (Å²) in [7, 11) is 1.79. The maximum absolute atomic E-state index is 13.0. The van der Waals surface area contributed by atoms with E-state index in [1.165, 1.54) is 11.3 Å². The molecule has 10 heteroatoms. The number of anilines is 2. The van der Waals surface area contributed by atoms with Crippen molar-refractivity contribution in [3.63, 3.8) is 0 Å². The van der Waals surface area contributed by atoms with E-state index in [0.29, 0.717) is 37.1 Å². The van der Waals surface area contributed by atoms with Gasteiger partial charge in [0.1, 0.15) is 11.7 Å². The summed E-state index contributed by atoms with van der Waals surface area (Å²) in [6.07, 6.45) is 8.59. The van der Waals surface area contributed by atoms with Crippen molar-refractivity contribution in [1.82, 2.24) is 24.5 Å². The van der Waals surface area contributed by atoms with Crippen LogP contribution in [-0.4, -0.2) is 62.8 Å². The van der Waals surface area contributed by atoms with E-state index in [9.17, 15) is 4.79 Å². The number of nitrogens with zero attached hydrogens (tertiary/aromatic N) is 7. The molecule has 1 fully saturated rings. The van der Waals surface area contributed by atoms with Crippen molar-refractivity contribution >= 4 is 28.7 Å². The van der Waals surface area contributed by atoms with Crippen LogP contribution in [0.25, 0.3) is 16.8 Å². The number of carbonyl (C=O) groups is 1. The van der Waals surface area contributed by atoms with Crippen molar-refractivity contribution in [2.75, 3.05) is 30.1 Å². The normalized spacial score (nSPS) is 21.7. The summed E-state index contributed by atoms with van der Waals surface area (Å²) in [5, 5.41) is 2.71. The number of fused-ring (bicyclic) bond motifs is 1. The van der Waals surface area contributed by atoms with Crippen molar-refractivity contribution in [2.45, 2.75) is 31.8 Å². The van der Waals surface area contributed by atoms with Crippen molar-refractivity contribution in [2.24, 2.45) is 0 Å². The highest BCUT2D eigenvalue weighted by molar-refractivity contribution is 7.13. The molecule has 0 aromatic carbocycles. The lowest BCUT2D eigenvalue weighted by Gasteiger charge is -2.43. The molecule has 2 atom stereocenters. The highest BCUT2D eigenvalue weighted by atomic mass is 32.1. The number of ether oxygens (including phenoxy) is 1. The van der Waals surface area contributed by atoms with Crippen molar-refractivity contribution in [3.05, 3.63) is 30.2 Å². The zero-order chi connectivity index (χ0) is 20.0. The molecule has 3 aromatic heterocycles. The van der Waals surface area contributed by atoms with Gasteiger partial charge >= 0.3 is 0 Å². The van der Waals surface area contributed by atoms with Gasteiger partial charge in [0.05, 0.1) is 18.8 Å². The van der Waals surface area contributed by atoms with Crippen molar-refractivity contribution in [3.8, 4) is 16.8 Å². The first kappa shape index (κ1) is 18.2. The molecule has 0 N–H and O–H groups in total. The van der Waals surface area contributed by atoms with Crippen LogP contribution in [0.2, 0.25) is 0 Å². The Morgan fingerprint density at radius 3 is 2.90 bits per heavy atom. The first-order valence-corrected chi connectivity index (χ1v) is 10.5. The van der Waals surface area contributed by atoms with Crippen LogP contribution in [-0.2, 0) is 9.53 Å². The third-order valence-electron chi connectivity index (χ3n) is 5.46. The lowest BCUT2D eigenvalue weighted by molar-refractivity contribution is -0.120. The molecule has 1 saturated heterocycles. The summed E-state index contributed by atoms with van der Waals surface area (Å²) in [4.78, 5) is 35.0. The van der Waals surface area contributed by atoms with Gasteiger partial charge in [-0.15, -0.1) is 11.3 Å². The molecule has 3 aromatic rings. The lowest BCUT2D eigenvalue weighted by Crippen LogP contribution is -2.56. The van der Waals surface area contributed by atoms with E-state index in [1.54, 1.807) is 30.5 Å². The standard InChI is InChI=1S/C19H21N7O2S/c1-3-13-18(27)24(2)14-10-22-19(23-15(14)26(13)12-4-8-28-11-12)25-7-5-20-16(25)17-21-6-9-29-17/h5-7,9-10,12-13H,3-4,8,11H2,1-2H3. The zero-order valence-corrected chi connectivity index (χ0v) is 17.0. The number of imidazole rings is 1. The minimum Gasteiger partial charge on any atom is -0.379 e. The second-order valence-electron chi connectivity index (χ2n) is 7.08. The topological polar surface area (TPSA) is 89.3 Å². The molecule has 2 aliphatic heterocycles. The van der Waals surface area contributed by atoms with Crippen LogP contribution in [0.3, 0.4) is 0 Å². The third-order valence-corrected chi connectivity index (χ3v) is 6.23. The first-order valence-electron chi connectivity index (χ1n) is 9.63. The van der Waals surface area contributed by atoms with Crippen LogP contribution < -0.4 is 9.80 Å². The van der Waals surface area contributed by atoms with Gasteiger partial charge in [-0.05, 0) is 12.8 Å². The van der Waals surface area contributed by atoms with Crippen LogP contribution in [0.4, 0.5) is 11.5 Å². The van der Waals surface area contributed by atoms with Gasteiger partial charge in [0, 0.05) is 37.6 Å². The number of amides is 1. The molecule has 29 heavy (non-hydrogen) atoms. The minimum atomic E-state index is -0.261. The molecule has 150 valence electrons. The van der Waals surface area contributed by atoms with E-state index in [2.05, 4.69) is 19.9 Å². The van der Waals surface area contributed by atoms with Gasteiger partial charge in [-0.25, -0.2) is 15.0 Å². The molecular formula is C19H21N7O2S. The lowest BCUT2D eigenvalue weighted by atomic mass is 10.0. The summed E-state index contributed by atoms with van der Waals surface area (Å²) in [5.74, 6) is 2.03. The van der Waals surface area contributed by atoms with E-state index < -0.39 is 0 Å². The Bertz CT molecular complexity index is 1030. The molecule has 0 bridgehead atoms. The van der Waals surface area contributed by atoms with E-state index in [4.69, 9.17) is 9.72 Å². The molecule has 9 nitrogen and oxygen atoms in total. The SMILES string of the molecule is CCC1C(=O)N(C)c2cnc(-n3ccnc3-c3nccs3)nc2N1C1CCOC1. The fraction of sp³-hybridized carbons (Fsp3) is 0.421. The predicted octanol–water partition coefficient (Wildman–Crippen LogP) is 2.14. The molecular weight excluding hydrogens is 390 g/mol. The van der Waals surface area contributed by atoms with Crippen LogP contribution in [0, 0.1) is 0 Å². The highest BCUT2D eigenvalue weighted by Gasteiger charge is 2.41. The fourth-order valence-electron chi connectivity index (χ4n) is 4.01. The summed E-state index contributed by atoms with van der Waals surface area (Å²) >= 11 is 1.51. The molecule has 1 amide bonds. The monoisotopic (exact) mass is 411 g/mol. The van der Waals surface area contributed by atoms with E-state index in [0.717, 1.165) is 17.2 Å². The molecule has 0 aliphatic carbocycles. The van der Waals surface area contributed by atoms with E-state index in [1.807, 2.05) is 23.1 Å². The largest absolute Gasteiger partial charge is 0.379 e. The Balaban J connectivity index is 1.64. The Hall–Kier alpha value is -2.85. The zero-order valence-electron chi connectivity index (χ0n) is 16.2. The second-order valence-corrected chi connectivity index (χ2v) is 7.98. The van der Waals surface area contributed by atoms with Crippen molar-refractivity contribution < 1.29 is 9.53 Å². The molecule has 0 spiro atoms. The second kappa shape index (κ2) is 7.20. The van der Waals surface area contributed by atoms with Crippen LogP contribution >= 0.6 is 11.3 Å². The van der Waals surface area contributed by atoms with E-state index in [-0.39, 0.29) is 18.0 Å². The van der Waals surface area contributed by atoms with Gasteiger partial charge < -0.3 is 14.5 Å². The maximum Gasteiger partial charge on any atom is 0.249 e. The van der Waals surface area contributed by atoms with Crippen LogP contribution in [0.5, 0.6) is 0 Å². The Morgan fingerprint density at radius 1 is 1.28 bits per heavy atom. The number of likely N-dealkylation sites (N-methyl/N-ethyl adjacent to an activating group) is 1. The first-order chi connectivity index (χ1) is 14.2. The third kappa shape index (κ3) is 2.90. The summed E-state index contributed by atoms with van der Waals surface area (Å²) in [6, 6.07) is -0.136. The van der Waals surface area contributed by atoms with Gasteiger partial charge in [0.15, 0.2) is 16.6 Å². The Labute approximate surface area is 172 Å². The number of rotatable bonds is 4. The molecule has 5 heterocycles. The summed E-state index contributed by atoms with van der Waals surface area (Å²) in [6.45, 7) is 3.33. The Kier molecular flexibility index (Phi) is 4.51. The number of aromatic nitrogens is 5. The van der Waals surface area contributed by atoms with Gasteiger partial charge in [0.2, 0.25) is 11.9 Å². The van der Waals surface area contributed by atoms with Gasteiger partial charge in [0.25, 0.3) is 0 Å². The molecule has 2 unspecified atom stereocenters. The molecule has 0 saturated carbocycles. The number of hydrogen-bond donors (Lipinski definition) is 0. The van der Waals surface area contributed by atoms with Gasteiger partial charge in [-0.2, -0.15) is 4.98 Å². The van der Waals surface area contributed by atoms with E-state index >= 15 is 0 Å². The molecule has 5 rings (SSSR count). The average molecular weight is 411 g/mol. The highest BCUT2D eigenvalue weighted by Crippen LogP contribution is 2.37. The molecule has 2 aliphatic rings. The fourth-order valence-corrected chi connectivity index (χ4v) is 4.63. The van der Waals surface area contributed by atoms with Gasteiger partial charge in [-0.3, -0.25) is 9.36 Å². The quantitative estimate of drug-likeness (QED) is 0.650. The Morgan fingerprint density at radius 2 is 2.17 bits per heavy atom.